The van der Waals surface area contributed by atoms with E-state index in [1.54, 1.807) is 32.6 Å². The second kappa shape index (κ2) is 21.1. The third kappa shape index (κ3) is 11.5. The molecule has 2 aromatic rings. The molecule has 0 bridgehead atoms. The number of hydrogen-bond acceptors (Lipinski definition) is 11. The van der Waals surface area contributed by atoms with E-state index in [2.05, 4.69) is 24.8 Å². The first-order chi connectivity index (χ1) is 30.8. The molecule has 2 atom stereocenters. The number of nitrogens with one attached hydrogen (secondary N) is 2. The summed E-state index contributed by atoms with van der Waals surface area (Å²) >= 11 is 0. The molecule has 1 saturated carbocycles. The Bertz CT molecular complexity index is 2150. The molecule has 2 aromatic carbocycles. The van der Waals surface area contributed by atoms with Crippen LogP contribution in [0.1, 0.15) is 118 Å². The summed E-state index contributed by atoms with van der Waals surface area (Å²) in [6.07, 6.45) is -6.38. The molecule has 0 radical (unpaired) electrons. The van der Waals surface area contributed by atoms with Gasteiger partial charge in [-0.2, -0.15) is 26.3 Å². The largest absolute Gasteiger partial charge is 0.476 e. The van der Waals surface area contributed by atoms with Crippen LogP contribution >= 0.6 is 0 Å². The fourth-order valence-electron chi connectivity index (χ4n) is 7.90. The molecule has 0 saturated heterocycles. The zero-order valence-corrected chi connectivity index (χ0v) is 38.3. The predicted molar refractivity (Wildman–Crippen MR) is 227 cm³/mol. The summed E-state index contributed by atoms with van der Waals surface area (Å²) in [6, 6.07) is 3.07. The fraction of sp³-hybridized carbons (Fsp3) is 0.591. The Hall–Kier alpha value is -5.96. The number of fused-ring (bicyclic) bond motifs is 2. The zero-order valence-electron chi connectivity index (χ0n) is 38.3. The Morgan fingerprint density at radius 1 is 0.712 bits per heavy atom. The lowest BCUT2D eigenvalue weighted by atomic mass is 9.91. The fourth-order valence-corrected chi connectivity index (χ4v) is 7.90. The highest BCUT2D eigenvalue weighted by atomic mass is 19.4. The van der Waals surface area contributed by atoms with E-state index in [0.717, 1.165) is 57.4 Å². The minimum Gasteiger partial charge on any atom is -0.476 e. The van der Waals surface area contributed by atoms with Crippen LogP contribution in [0.2, 0.25) is 0 Å². The number of carbonyl (C=O) groups excluding carboxylic acids is 6. The van der Waals surface area contributed by atoms with Gasteiger partial charge in [0.2, 0.25) is 0 Å². The van der Waals surface area contributed by atoms with Gasteiger partial charge in [0.15, 0.2) is 11.2 Å². The van der Waals surface area contributed by atoms with Gasteiger partial charge >= 0.3 is 30.5 Å². The Morgan fingerprint density at radius 3 is 1.48 bits per heavy atom. The van der Waals surface area contributed by atoms with E-state index in [9.17, 15) is 55.1 Å². The molecule has 0 spiro atoms. The summed E-state index contributed by atoms with van der Waals surface area (Å²) in [5, 5.41) is 4.87. The Balaban J connectivity index is 0.000000297. The maximum atomic E-state index is 14.3. The lowest BCUT2D eigenvalue weighted by Crippen LogP contribution is -2.55. The molecule has 22 heteroatoms. The van der Waals surface area contributed by atoms with Gasteiger partial charge in [-0.25, -0.2) is 14.4 Å². The van der Waals surface area contributed by atoms with Gasteiger partial charge in [0.25, 0.3) is 17.7 Å². The van der Waals surface area contributed by atoms with E-state index >= 15 is 0 Å². The number of hydrogen-bond donors (Lipinski definition) is 2. The predicted octanol–water partition coefficient (Wildman–Crippen LogP) is 7.88. The van der Waals surface area contributed by atoms with E-state index in [0.29, 0.717) is 6.07 Å². The molecule has 366 valence electrons. The van der Waals surface area contributed by atoms with Crippen molar-refractivity contribution in [2.45, 2.75) is 122 Å². The summed E-state index contributed by atoms with van der Waals surface area (Å²) < 4.78 is 108. The molecule has 2 N–H and O–H groups in total. The maximum absolute atomic E-state index is 14.3. The van der Waals surface area contributed by atoms with Gasteiger partial charge in [-0.15, -0.1) is 0 Å². The second-order valence-corrected chi connectivity index (χ2v) is 16.4. The van der Waals surface area contributed by atoms with Crippen LogP contribution in [-0.4, -0.2) is 112 Å². The van der Waals surface area contributed by atoms with Crippen molar-refractivity contribution < 1.29 is 78.8 Å². The molecule has 5 rings (SSSR count). The molecule has 3 aliphatic rings. The topological polar surface area (TPSA) is 182 Å². The van der Waals surface area contributed by atoms with Crippen LogP contribution in [0.25, 0.3) is 0 Å². The number of benzene rings is 2. The molecule has 2 aliphatic heterocycles. The van der Waals surface area contributed by atoms with Crippen molar-refractivity contribution in [3.05, 3.63) is 46.5 Å². The normalized spacial score (nSPS) is 19.6. The molecule has 0 aromatic heterocycles. The first-order valence-corrected chi connectivity index (χ1v) is 21.4. The van der Waals surface area contributed by atoms with Crippen LogP contribution in [0.15, 0.2) is 24.3 Å². The third-order valence-corrected chi connectivity index (χ3v) is 11.8. The van der Waals surface area contributed by atoms with Crippen LogP contribution in [-0.2, 0) is 36.2 Å². The monoisotopic (exact) mass is 945 g/mol. The van der Waals surface area contributed by atoms with Crippen molar-refractivity contribution in [1.82, 2.24) is 15.5 Å². The minimum absolute atomic E-state index is 0.0118. The average Bonchev–Trinajstić information content (AvgIpc) is 3.27. The SMILES string of the molecule is CCC1(C)Oc2cc(C(F)(F)F)c(C(=O)N(C(C)C)C3CCCCC3)cc2N(CCNC(=O)OC)C1=O.CCC1(C)Oc2cc(C(F)(F)F)c(C(=O)OC)cc2N(CCNC(=O)OC)C1=O. The Kier molecular flexibility index (Phi) is 16.9. The first kappa shape index (κ1) is 52.7. The zero-order chi connectivity index (χ0) is 49.5. The van der Waals surface area contributed by atoms with Crippen LogP contribution in [0, 0.1) is 0 Å². The molecule has 5 amide bonds. The smallest absolute Gasteiger partial charge is 0.417 e. The molecule has 66 heavy (non-hydrogen) atoms. The van der Waals surface area contributed by atoms with Crippen LogP contribution in [0.3, 0.4) is 0 Å². The molecule has 2 heterocycles. The van der Waals surface area contributed by atoms with E-state index in [4.69, 9.17) is 9.47 Å². The number of alkyl halides is 6. The molecular formula is C44H57F6N5O11. The second-order valence-electron chi connectivity index (χ2n) is 16.4. The van der Waals surface area contributed by atoms with E-state index in [1.165, 1.54) is 37.9 Å². The Morgan fingerprint density at radius 2 is 1.12 bits per heavy atom. The summed E-state index contributed by atoms with van der Waals surface area (Å²) in [4.78, 5) is 78.8. The number of esters is 1. The molecule has 2 unspecified atom stereocenters. The van der Waals surface area contributed by atoms with Crippen molar-refractivity contribution in [3.63, 3.8) is 0 Å². The number of methoxy groups -OCH3 is 3. The van der Waals surface area contributed by atoms with Crippen molar-refractivity contribution >= 4 is 47.3 Å². The van der Waals surface area contributed by atoms with Gasteiger partial charge in [0.1, 0.15) is 11.5 Å². The molecular weight excluding hydrogens is 888 g/mol. The lowest BCUT2D eigenvalue weighted by molar-refractivity contribution is -0.139. The third-order valence-electron chi connectivity index (χ3n) is 11.8. The van der Waals surface area contributed by atoms with E-state index in [-0.39, 0.29) is 74.0 Å². The quantitative estimate of drug-likeness (QED) is 0.120. The van der Waals surface area contributed by atoms with E-state index in [1.807, 2.05) is 0 Å². The minimum atomic E-state index is -4.84. The van der Waals surface area contributed by atoms with Gasteiger partial charge < -0.3 is 49.0 Å². The van der Waals surface area contributed by atoms with Crippen molar-refractivity contribution in [2.24, 2.45) is 0 Å². The number of carbonyl (C=O) groups is 6. The number of amides is 5. The maximum Gasteiger partial charge on any atom is 0.417 e. The van der Waals surface area contributed by atoms with E-state index < -0.39 is 81.7 Å². The Labute approximate surface area is 378 Å². The van der Waals surface area contributed by atoms with Gasteiger partial charge in [-0.3, -0.25) is 14.4 Å². The van der Waals surface area contributed by atoms with Crippen LogP contribution < -0.4 is 29.9 Å². The number of anilines is 2. The highest BCUT2D eigenvalue weighted by Crippen LogP contribution is 2.47. The van der Waals surface area contributed by atoms with Gasteiger partial charge in [0, 0.05) is 38.3 Å². The van der Waals surface area contributed by atoms with Crippen molar-refractivity contribution in [2.75, 3.05) is 57.3 Å². The number of rotatable bonds is 12. The summed E-state index contributed by atoms with van der Waals surface area (Å²) in [5.41, 5.74) is -6.38. The van der Waals surface area contributed by atoms with Gasteiger partial charge in [-0.05, 0) is 77.6 Å². The number of ether oxygens (including phenoxy) is 5. The van der Waals surface area contributed by atoms with Crippen molar-refractivity contribution in [3.8, 4) is 11.5 Å². The number of nitrogens with zero attached hydrogens (tertiary/aromatic N) is 3. The lowest BCUT2D eigenvalue weighted by Gasteiger charge is -2.41. The molecule has 1 fully saturated rings. The summed E-state index contributed by atoms with van der Waals surface area (Å²) in [6.45, 7) is 9.73. The van der Waals surface area contributed by atoms with Crippen molar-refractivity contribution in [1.29, 1.82) is 0 Å². The van der Waals surface area contributed by atoms with Gasteiger partial charge in [0.05, 0.1) is 55.0 Å². The number of alkyl carbamates (subject to hydrolysis) is 2. The highest BCUT2D eigenvalue weighted by molar-refractivity contribution is 6.06. The van der Waals surface area contributed by atoms with Crippen LogP contribution in [0.4, 0.5) is 47.3 Å². The summed E-state index contributed by atoms with van der Waals surface area (Å²) in [5.74, 6) is -3.26. The standard InChI is InChI=1S/C26H36F3N3O5.C18H21F3N2O6/c1-6-25(4)23(34)31(13-12-30-24(35)36-5)20-14-18(19(26(27,28)29)15-21(20)37-25)22(33)32(16(2)3)17-10-8-7-9-11-17;1-5-17(2)15(25)23(7-6-22-16(26)28-4)12-8-10(14(24)27-3)11(18(19,20)21)9-13(12)29-17/h14-17H,6-13H2,1-5H3,(H,30,35);8-9H,5-7H2,1-4H3,(H,22,26). The number of halogens is 6. The highest BCUT2D eigenvalue weighted by Gasteiger charge is 2.48. The summed E-state index contributed by atoms with van der Waals surface area (Å²) in [7, 11) is 3.32. The molecule has 16 nitrogen and oxygen atoms in total. The van der Waals surface area contributed by atoms with Gasteiger partial charge in [-0.1, -0.05) is 33.1 Å². The first-order valence-electron chi connectivity index (χ1n) is 21.4. The molecule has 1 aliphatic carbocycles. The average molecular weight is 946 g/mol. The van der Waals surface area contributed by atoms with Crippen LogP contribution in [0.5, 0.6) is 11.5 Å².